The lowest BCUT2D eigenvalue weighted by Gasteiger charge is -2.29. The number of benzene rings is 2. The van der Waals surface area contributed by atoms with E-state index < -0.39 is 92.1 Å². The Morgan fingerprint density at radius 1 is 1.00 bits per heavy atom. The Kier molecular flexibility index (Phi) is 10.8. The molecule has 2 aliphatic carbocycles. The molecule has 8 rings (SSSR count). The van der Waals surface area contributed by atoms with Gasteiger partial charge in [-0.15, -0.1) is 13.2 Å². The third-order valence-electron chi connectivity index (χ3n) is 12.3. The fraction of sp³-hybridized carbons (Fsp3) is 0.476. The van der Waals surface area contributed by atoms with Gasteiger partial charge in [0.05, 0.1) is 28.3 Å². The molecule has 4 heterocycles. The predicted octanol–water partition coefficient (Wildman–Crippen LogP) is 5.79. The van der Waals surface area contributed by atoms with Gasteiger partial charge in [-0.1, -0.05) is 25.0 Å². The fourth-order valence-electron chi connectivity index (χ4n) is 8.43. The van der Waals surface area contributed by atoms with E-state index in [2.05, 4.69) is 24.9 Å². The number of amides is 3. The van der Waals surface area contributed by atoms with Gasteiger partial charge in [-0.25, -0.2) is 17.8 Å². The van der Waals surface area contributed by atoms with Gasteiger partial charge in [0.2, 0.25) is 27.7 Å². The molecule has 2 aliphatic heterocycles. The normalized spacial score (nSPS) is 26.1. The zero-order valence-corrected chi connectivity index (χ0v) is 34.2. The molecule has 0 bridgehead atoms. The van der Waals surface area contributed by atoms with E-state index in [0.717, 1.165) is 30.7 Å². The Morgan fingerprint density at radius 3 is 2.49 bits per heavy atom. The van der Waals surface area contributed by atoms with E-state index in [9.17, 15) is 45.2 Å². The van der Waals surface area contributed by atoms with E-state index in [-0.39, 0.29) is 53.7 Å². The summed E-state index contributed by atoms with van der Waals surface area (Å²) >= 11 is 0. The standard InChI is InChI=1S/C42H44F4N6O8S/c1-40(15-16-40)61(57,58)50-39(56)41-21-24(41)8-6-4-3-5-7-9-32(47-36(54)31-14-17-51(2)49-31)38(55)52-23-27(20-34(52)35(53)22-41)59-37-29-13-11-26(60-42(44,45)46)19-30(29)28-12-10-25(43)18-33(28)48-37/h6,8,10-14,17-19,24,27,32,34H,3-5,7,9,15-16,20-23H2,1-2H3,(H,47,54)(H,50,56)/b8-6-/t24-,27-,32+,34+,41-/m1/s1. The molecule has 0 radical (unpaired) electrons. The van der Waals surface area contributed by atoms with Gasteiger partial charge in [0.1, 0.15) is 29.4 Å². The van der Waals surface area contributed by atoms with Crippen LogP contribution in [0.3, 0.4) is 0 Å². The Balaban J connectivity index is 1.14. The van der Waals surface area contributed by atoms with Crippen LogP contribution >= 0.6 is 0 Å². The van der Waals surface area contributed by atoms with Crippen molar-refractivity contribution in [3.05, 3.63) is 72.3 Å². The number of fused-ring (bicyclic) bond motifs is 5. The number of ketones is 1. The third-order valence-corrected chi connectivity index (χ3v) is 14.5. The Bertz CT molecular complexity index is 2580. The molecular formula is C42H44F4N6O8S. The molecule has 19 heteroatoms. The molecule has 4 aromatic rings. The molecule has 3 fully saturated rings. The van der Waals surface area contributed by atoms with Gasteiger partial charge in [-0.3, -0.25) is 28.6 Å². The summed E-state index contributed by atoms with van der Waals surface area (Å²) in [5.41, 5.74) is -1.27. The van der Waals surface area contributed by atoms with Crippen molar-refractivity contribution in [2.45, 2.75) is 100 Å². The number of carbonyl (C=O) groups excluding carboxylic acids is 4. The lowest BCUT2D eigenvalue weighted by molar-refractivity contribution is -0.274. The van der Waals surface area contributed by atoms with Gasteiger partial charge in [0.15, 0.2) is 5.78 Å². The van der Waals surface area contributed by atoms with Crippen molar-refractivity contribution < 1.29 is 54.6 Å². The van der Waals surface area contributed by atoms with Crippen LogP contribution in [-0.4, -0.2) is 87.4 Å². The van der Waals surface area contributed by atoms with Crippen LogP contribution in [0.15, 0.2) is 60.8 Å². The smallest absolute Gasteiger partial charge is 0.472 e. The molecule has 2 aromatic carbocycles. The average Bonchev–Trinajstić information content (AvgIpc) is 3.99. The molecule has 2 N–H and O–H groups in total. The summed E-state index contributed by atoms with van der Waals surface area (Å²) in [6.07, 6.45) is 2.67. The number of rotatable bonds is 8. The molecule has 61 heavy (non-hydrogen) atoms. The molecular weight excluding hydrogens is 825 g/mol. The quantitative estimate of drug-likeness (QED) is 0.125. The first kappa shape index (κ1) is 42.1. The van der Waals surface area contributed by atoms with Crippen molar-refractivity contribution in [2.24, 2.45) is 18.4 Å². The number of ether oxygens (including phenoxy) is 2. The number of allylic oxidation sites excluding steroid dienone is 2. The Labute approximate surface area is 348 Å². The van der Waals surface area contributed by atoms with Crippen molar-refractivity contribution in [3.8, 4) is 11.6 Å². The van der Waals surface area contributed by atoms with E-state index in [1.165, 1.54) is 27.8 Å². The molecule has 3 amide bonds. The minimum atomic E-state index is -4.99. The number of carbonyl (C=O) groups is 4. The summed E-state index contributed by atoms with van der Waals surface area (Å²) in [5.74, 6) is -4.26. The van der Waals surface area contributed by atoms with Gasteiger partial charge >= 0.3 is 6.36 Å². The van der Waals surface area contributed by atoms with Gasteiger partial charge in [0.25, 0.3) is 5.91 Å². The summed E-state index contributed by atoms with van der Waals surface area (Å²) < 4.78 is 93.8. The van der Waals surface area contributed by atoms with E-state index in [0.29, 0.717) is 37.5 Å². The second-order valence-electron chi connectivity index (χ2n) is 16.8. The molecule has 4 aliphatic rings. The lowest BCUT2D eigenvalue weighted by atomic mass is 9.91. The maximum Gasteiger partial charge on any atom is 0.573 e. The zero-order valence-electron chi connectivity index (χ0n) is 33.3. The van der Waals surface area contributed by atoms with Crippen molar-refractivity contribution >= 4 is 55.2 Å². The maximum absolute atomic E-state index is 14.7. The van der Waals surface area contributed by atoms with Crippen molar-refractivity contribution in [1.82, 2.24) is 29.7 Å². The van der Waals surface area contributed by atoms with Gasteiger partial charge in [-0.05, 0) is 87.8 Å². The van der Waals surface area contributed by atoms with Crippen molar-refractivity contribution in [1.29, 1.82) is 0 Å². The number of hydrogen-bond donors (Lipinski definition) is 2. The molecule has 2 aromatic heterocycles. The van der Waals surface area contributed by atoms with Crippen LogP contribution in [-0.2, 0) is 31.5 Å². The van der Waals surface area contributed by atoms with E-state index in [4.69, 9.17) is 4.74 Å². The predicted molar refractivity (Wildman–Crippen MR) is 212 cm³/mol. The fourth-order valence-corrected chi connectivity index (χ4v) is 9.76. The number of Topliss-reactive ketones (excluding diaryl/α,β-unsaturated/α-hetero) is 1. The van der Waals surface area contributed by atoms with Gasteiger partial charge in [0, 0.05) is 48.3 Å². The van der Waals surface area contributed by atoms with E-state index >= 15 is 0 Å². The largest absolute Gasteiger partial charge is 0.573 e. The minimum absolute atomic E-state index is 0.0553. The van der Waals surface area contributed by atoms with Crippen LogP contribution in [0.4, 0.5) is 17.6 Å². The molecule has 2 saturated carbocycles. The van der Waals surface area contributed by atoms with Gasteiger partial charge < -0.3 is 19.7 Å². The van der Waals surface area contributed by atoms with E-state index in [1.54, 1.807) is 20.2 Å². The van der Waals surface area contributed by atoms with Crippen LogP contribution in [0.2, 0.25) is 0 Å². The SMILES string of the molecule is Cn1ccc(C(=O)N[C@H]2CCCCC/C=C\[C@@H]3C[C@@]3(C(=O)NS(=O)(=O)C3(C)CC3)CC(=O)[C@@H]3C[C@@H](Oc4nc5cc(F)ccc5c5cc(OC(F)(F)F)ccc45)CN3C2=O)n1. The highest BCUT2D eigenvalue weighted by molar-refractivity contribution is 7.91. The van der Waals surface area contributed by atoms with Crippen molar-refractivity contribution in [3.63, 3.8) is 0 Å². The monoisotopic (exact) mass is 868 g/mol. The van der Waals surface area contributed by atoms with Crippen molar-refractivity contribution in [2.75, 3.05) is 6.54 Å². The highest BCUT2D eigenvalue weighted by atomic mass is 32.2. The summed E-state index contributed by atoms with van der Waals surface area (Å²) in [6, 6.07) is 6.31. The summed E-state index contributed by atoms with van der Waals surface area (Å²) in [7, 11) is -2.41. The second kappa shape index (κ2) is 15.7. The maximum atomic E-state index is 14.7. The summed E-state index contributed by atoms with van der Waals surface area (Å²) in [6.45, 7) is 1.34. The van der Waals surface area contributed by atoms with Crippen LogP contribution in [0.5, 0.6) is 11.6 Å². The number of alkyl halides is 3. The number of aryl methyl sites for hydroxylation is 1. The third kappa shape index (κ3) is 8.65. The number of nitrogens with one attached hydrogen (secondary N) is 2. The first-order valence-corrected chi connectivity index (χ1v) is 21.7. The van der Waals surface area contributed by atoms with Crippen LogP contribution in [0.1, 0.15) is 81.6 Å². The lowest BCUT2D eigenvalue weighted by Crippen LogP contribution is -2.52. The molecule has 324 valence electrons. The van der Waals surface area contributed by atoms with Crippen LogP contribution in [0.25, 0.3) is 21.7 Å². The number of nitrogens with zero attached hydrogens (tertiary/aromatic N) is 4. The minimum Gasteiger partial charge on any atom is -0.472 e. The average molecular weight is 869 g/mol. The molecule has 5 atom stereocenters. The van der Waals surface area contributed by atoms with Crippen LogP contribution in [0, 0.1) is 17.2 Å². The molecule has 0 spiro atoms. The molecule has 1 saturated heterocycles. The summed E-state index contributed by atoms with van der Waals surface area (Å²) in [5, 5.41) is 7.70. The second-order valence-corrected chi connectivity index (χ2v) is 19.0. The number of hydrogen-bond acceptors (Lipinski definition) is 10. The summed E-state index contributed by atoms with van der Waals surface area (Å²) in [4.78, 5) is 62.6. The topological polar surface area (TPSA) is 179 Å². The zero-order chi connectivity index (χ0) is 43.5. The highest BCUT2D eigenvalue weighted by Crippen LogP contribution is 2.57. The van der Waals surface area contributed by atoms with Gasteiger partial charge in [-0.2, -0.15) is 5.10 Å². The van der Waals surface area contributed by atoms with E-state index in [1.807, 2.05) is 12.2 Å². The number of sulfonamides is 1. The van der Waals surface area contributed by atoms with Crippen LogP contribution < -0.4 is 19.5 Å². The number of aromatic nitrogens is 3. The molecule has 14 nitrogen and oxygen atoms in total. The number of halogens is 4. The Hall–Kier alpha value is -5.59. The first-order chi connectivity index (χ1) is 28.8. The molecule has 0 unspecified atom stereocenters. The first-order valence-electron chi connectivity index (χ1n) is 20.2. The number of pyridine rings is 1. The Morgan fingerprint density at radius 2 is 1.77 bits per heavy atom. The highest BCUT2D eigenvalue weighted by Gasteiger charge is 2.62.